The summed E-state index contributed by atoms with van der Waals surface area (Å²) in [6.45, 7) is 0. The Morgan fingerprint density at radius 3 is 1.50 bits per heavy atom. The maximum absolute atomic E-state index is 11.8. The lowest BCUT2D eigenvalue weighted by Gasteiger charge is -2.43. The minimum atomic E-state index is -4.58. The van der Waals surface area contributed by atoms with Gasteiger partial charge in [0.2, 0.25) is 0 Å². The molecule has 0 unspecified atom stereocenters. The van der Waals surface area contributed by atoms with Gasteiger partial charge in [-0.15, -0.1) is 11.6 Å². The summed E-state index contributed by atoms with van der Waals surface area (Å²) in [5.74, 6) is -8.98. The topological polar surface area (TPSA) is 0 Å². The minimum Gasteiger partial charge on any atom is -0.239 e. The summed E-state index contributed by atoms with van der Waals surface area (Å²) in [6.07, 6.45) is -2.93. The Hall–Kier alpha value is -0.0600. The van der Waals surface area contributed by atoms with E-state index in [0.29, 0.717) is 0 Å². The molecule has 1 rings (SSSR count). The first kappa shape index (κ1) is 8.04. The predicted octanol–water partition coefficient (Wildman–Crippen LogP) is 2.22. The molecule has 0 saturated heterocycles. The fraction of sp³-hybridized carbons (Fsp3) is 1.00. The van der Waals surface area contributed by atoms with E-state index in [9.17, 15) is 22.0 Å². The second-order valence-electron chi connectivity index (χ2n) is 2.05. The van der Waals surface area contributed by atoms with E-state index in [4.69, 9.17) is 0 Å². The number of alkyl halides is 6. The molecule has 0 N–H and O–H groups in total. The van der Waals surface area contributed by atoms with Gasteiger partial charge in [0, 0.05) is 0 Å². The van der Waals surface area contributed by atoms with Crippen LogP contribution in [0.3, 0.4) is 0 Å². The highest BCUT2D eigenvalue weighted by molar-refractivity contribution is 6.22. The summed E-state index contributed by atoms with van der Waals surface area (Å²) in [5.41, 5.74) is 0. The van der Waals surface area contributed by atoms with Crippen molar-refractivity contribution in [1.82, 2.24) is 0 Å². The van der Waals surface area contributed by atoms with E-state index in [2.05, 4.69) is 11.6 Å². The molecule has 1 aliphatic carbocycles. The highest BCUT2D eigenvalue weighted by Gasteiger charge is 2.79. The van der Waals surface area contributed by atoms with Gasteiger partial charge in [-0.25, -0.2) is 4.39 Å². The molecule has 0 aromatic carbocycles. The van der Waals surface area contributed by atoms with E-state index in [0.717, 1.165) is 0 Å². The molecule has 0 radical (unpaired) electrons. The second-order valence-corrected chi connectivity index (χ2v) is 2.52. The van der Waals surface area contributed by atoms with Crippen LogP contribution >= 0.6 is 11.6 Å². The van der Waals surface area contributed by atoms with E-state index in [-0.39, 0.29) is 0 Å². The van der Waals surface area contributed by atoms with Gasteiger partial charge in [0.1, 0.15) is 5.38 Å². The van der Waals surface area contributed by atoms with Crippen LogP contribution < -0.4 is 0 Å². The Balaban J connectivity index is 2.82. The predicted molar refractivity (Wildman–Crippen MR) is 24.4 cm³/mol. The molecule has 1 saturated carbocycles. The molecule has 0 aromatic heterocycles. The van der Waals surface area contributed by atoms with Crippen molar-refractivity contribution in [3.8, 4) is 0 Å². The smallest absolute Gasteiger partial charge is 0.239 e. The van der Waals surface area contributed by atoms with Crippen LogP contribution in [0.5, 0.6) is 0 Å². The van der Waals surface area contributed by atoms with Crippen LogP contribution in [-0.2, 0) is 0 Å². The highest BCUT2D eigenvalue weighted by atomic mass is 35.5. The lowest BCUT2D eigenvalue weighted by Crippen LogP contribution is -2.69. The molecule has 1 fully saturated rings. The summed E-state index contributed by atoms with van der Waals surface area (Å²) < 4.78 is 59.0. The summed E-state index contributed by atoms with van der Waals surface area (Å²) in [5, 5.41) is -2.39. The number of halogens is 6. The van der Waals surface area contributed by atoms with Crippen LogP contribution in [0.15, 0.2) is 0 Å². The maximum atomic E-state index is 11.8. The number of hydrogen-bond donors (Lipinski definition) is 0. The van der Waals surface area contributed by atoms with Crippen LogP contribution in [0.25, 0.3) is 0 Å². The van der Waals surface area contributed by atoms with E-state index in [1.54, 1.807) is 0 Å². The third kappa shape index (κ3) is 0.615. The van der Waals surface area contributed by atoms with Crippen LogP contribution in [0.2, 0.25) is 0 Å². The first-order valence-electron chi connectivity index (χ1n) is 2.35. The molecule has 0 bridgehead atoms. The molecule has 0 aromatic rings. The quantitative estimate of drug-likeness (QED) is 0.396. The zero-order valence-electron chi connectivity index (χ0n) is 4.42. The zero-order valence-corrected chi connectivity index (χ0v) is 5.18. The van der Waals surface area contributed by atoms with Crippen molar-refractivity contribution in [2.75, 3.05) is 0 Å². The SMILES string of the molecule is F[C@H]1[C@@H](Cl)C(F)(F)C1(F)F. The van der Waals surface area contributed by atoms with Gasteiger partial charge in [0.15, 0.2) is 6.17 Å². The Morgan fingerprint density at radius 1 is 1.00 bits per heavy atom. The van der Waals surface area contributed by atoms with Crippen LogP contribution in [0, 0.1) is 0 Å². The molecule has 10 heavy (non-hydrogen) atoms. The molecule has 1 aliphatic rings. The van der Waals surface area contributed by atoms with Gasteiger partial charge in [0.25, 0.3) is 0 Å². The van der Waals surface area contributed by atoms with Gasteiger partial charge in [0.05, 0.1) is 0 Å². The average molecular weight is 181 g/mol. The maximum Gasteiger partial charge on any atom is 0.343 e. The Bertz CT molecular complexity index is 138. The number of rotatable bonds is 0. The summed E-state index contributed by atoms with van der Waals surface area (Å²) in [7, 11) is 0. The minimum absolute atomic E-state index is 2.39. The Kier molecular flexibility index (Phi) is 1.41. The van der Waals surface area contributed by atoms with Crippen molar-refractivity contribution in [1.29, 1.82) is 0 Å². The fourth-order valence-electron chi connectivity index (χ4n) is 0.639. The second kappa shape index (κ2) is 1.75. The normalized spacial score (nSPS) is 42.6. The molecular formula is C4H2ClF5. The van der Waals surface area contributed by atoms with Crippen molar-refractivity contribution >= 4 is 11.6 Å². The fourth-order valence-corrected chi connectivity index (χ4v) is 0.943. The van der Waals surface area contributed by atoms with E-state index < -0.39 is 23.4 Å². The number of hydrogen-bond acceptors (Lipinski definition) is 0. The molecule has 60 valence electrons. The first-order valence-corrected chi connectivity index (χ1v) is 2.79. The molecule has 0 spiro atoms. The molecule has 0 nitrogen and oxygen atoms in total. The highest BCUT2D eigenvalue weighted by Crippen LogP contribution is 2.55. The summed E-state index contributed by atoms with van der Waals surface area (Å²) in [6, 6.07) is 0. The van der Waals surface area contributed by atoms with Gasteiger partial charge in [-0.2, -0.15) is 17.6 Å². The average Bonchev–Trinajstić information content (AvgIpc) is 1.84. The molecule has 0 aliphatic heterocycles. The first-order chi connectivity index (χ1) is 4.32. The van der Waals surface area contributed by atoms with Crippen molar-refractivity contribution in [2.24, 2.45) is 0 Å². The van der Waals surface area contributed by atoms with E-state index in [1.165, 1.54) is 0 Å². The van der Waals surface area contributed by atoms with Gasteiger partial charge < -0.3 is 0 Å². The standard InChI is InChI=1S/C4H2ClF5/c5-1-2(6)4(9,10)3(1,7)8/h1-2H/t1-,2+/m1/s1. The third-order valence-corrected chi connectivity index (χ3v) is 1.89. The Morgan fingerprint density at radius 2 is 1.40 bits per heavy atom. The summed E-state index contributed by atoms with van der Waals surface area (Å²) in [4.78, 5) is 0. The molecular weight excluding hydrogens is 178 g/mol. The lowest BCUT2D eigenvalue weighted by molar-refractivity contribution is -0.309. The molecule has 0 heterocycles. The summed E-state index contributed by atoms with van der Waals surface area (Å²) >= 11 is 4.57. The molecule has 0 amide bonds. The van der Waals surface area contributed by atoms with Gasteiger partial charge in [-0.1, -0.05) is 0 Å². The zero-order chi connectivity index (χ0) is 8.15. The van der Waals surface area contributed by atoms with Crippen LogP contribution in [0.4, 0.5) is 22.0 Å². The lowest BCUT2D eigenvalue weighted by atomic mass is 9.86. The molecule has 6 heteroatoms. The van der Waals surface area contributed by atoms with Crippen LogP contribution in [0.1, 0.15) is 0 Å². The van der Waals surface area contributed by atoms with Crippen molar-refractivity contribution < 1.29 is 22.0 Å². The van der Waals surface area contributed by atoms with Gasteiger partial charge in [-0.3, -0.25) is 0 Å². The van der Waals surface area contributed by atoms with Gasteiger partial charge >= 0.3 is 11.8 Å². The largest absolute Gasteiger partial charge is 0.343 e. The van der Waals surface area contributed by atoms with Gasteiger partial charge in [-0.05, 0) is 0 Å². The molecule has 2 atom stereocenters. The third-order valence-electron chi connectivity index (χ3n) is 1.39. The Labute approximate surface area is 58.0 Å². The van der Waals surface area contributed by atoms with Crippen molar-refractivity contribution in [3.63, 3.8) is 0 Å². The van der Waals surface area contributed by atoms with E-state index in [1.807, 2.05) is 0 Å². The van der Waals surface area contributed by atoms with Crippen molar-refractivity contribution in [3.05, 3.63) is 0 Å². The van der Waals surface area contributed by atoms with Crippen molar-refractivity contribution in [2.45, 2.75) is 23.4 Å². The monoisotopic (exact) mass is 180 g/mol. The van der Waals surface area contributed by atoms with E-state index >= 15 is 0 Å². The van der Waals surface area contributed by atoms with Crippen LogP contribution in [-0.4, -0.2) is 23.4 Å².